The zero-order valence-electron chi connectivity index (χ0n) is 13.5. The van der Waals surface area contributed by atoms with Gasteiger partial charge in [-0.05, 0) is 39.0 Å². The van der Waals surface area contributed by atoms with E-state index >= 15 is 0 Å². The Morgan fingerprint density at radius 1 is 1.22 bits per heavy atom. The lowest BCUT2D eigenvalue weighted by molar-refractivity contribution is 0.0508. The largest absolute Gasteiger partial charge is 0.461 e. The fourth-order valence-electron chi connectivity index (χ4n) is 2.33. The summed E-state index contributed by atoms with van der Waals surface area (Å²) < 4.78 is 11.8. The lowest BCUT2D eigenvalue weighted by Gasteiger charge is -2.15. The normalized spacial score (nSPS) is 12.2. The first-order valence-corrected chi connectivity index (χ1v) is 7.59. The smallest absolute Gasteiger partial charge is 0.356 e. The van der Waals surface area contributed by atoms with E-state index in [1.807, 2.05) is 6.92 Å². The van der Waals surface area contributed by atoms with Crippen LogP contribution in [0.1, 0.15) is 47.8 Å². The average Bonchev–Trinajstić information content (AvgIpc) is 2.93. The van der Waals surface area contributed by atoms with Gasteiger partial charge in [0.2, 0.25) is 0 Å². The quantitative estimate of drug-likeness (QED) is 0.817. The maximum atomic E-state index is 12.2. The van der Waals surface area contributed by atoms with Gasteiger partial charge in [0.05, 0.1) is 13.2 Å². The molecule has 0 amide bonds. The summed E-state index contributed by atoms with van der Waals surface area (Å²) in [7, 11) is 0. The first kappa shape index (κ1) is 17.0. The van der Waals surface area contributed by atoms with Crippen LogP contribution in [-0.4, -0.2) is 41.2 Å². The molecule has 7 nitrogen and oxygen atoms in total. The van der Waals surface area contributed by atoms with Gasteiger partial charge in [-0.3, -0.25) is 0 Å². The summed E-state index contributed by atoms with van der Waals surface area (Å²) in [5.41, 5.74) is 6.82. The maximum Gasteiger partial charge on any atom is 0.356 e. The van der Waals surface area contributed by atoms with E-state index in [1.54, 1.807) is 36.6 Å². The Kier molecular flexibility index (Phi) is 5.33. The number of hydrogen-bond donors (Lipinski definition) is 1. The number of fused-ring (bicyclic) bond motifs is 1. The second-order valence-corrected chi connectivity index (χ2v) is 5.03. The van der Waals surface area contributed by atoms with Crippen molar-refractivity contribution in [3.63, 3.8) is 0 Å². The van der Waals surface area contributed by atoms with E-state index in [0.717, 1.165) is 5.39 Å². The highest BCUT2D eigenvalue weighted by molar-refractivity contribution is 5.96. The minimum atomic E-state index is -0.500. The van der Waals surface area contributed by atoms with E-state index in [-0.39, 0.29) is 24.9 Å². The fourth-order valence-corrected chi connectivity index (χ4v) is 2.33. The summed E-state index contributed by atoms with van der Waals surface area (Å²) in [6.45, 7) is 6.22. The number of aromatic nitrogens is 2. The van der Waals surface area contributed by atoms with Gasteiger partial charge in [0.1, 0.15) is 11.3 Å². The molecule has 23 heavy (non-hydrogen) atoms. The molecule has 0 fully saturated rings. The summed E-state index contributed by atoms with van der Waals surface area (Å²) in [6, 6.07) is 4.84. The van der Waals surface area contributed by atoms with Crippen LogP contribution in [0.2, 0.25) is 0 Å². The Morgan fingerprint density at radius 2 is 1.87 bits per heavy atom. The SMILES string of the molecule is CCOC(=O)c1ccc2cc(C(=O)OCC)n([C@@H](C)CN)c2n1. The predicted octanol–water partition coefficient (Wildman–Crippen LogP) is 1.91. The molecule has 2 aromatic rings. The molecule has 0 radical (unpaired) electrons. The van der Waals surface area contributed by atoms with Gasteiger partial charge < -0.3 is 19.8 Å². The lowest BCUT2D eigenvalue weighted by atomic mass is 10.3. The van der Waals surface area contributed by atoms with Crippen LogP contribution in [-0.2, 0) is 9.47 Å². The van der Waals surface area contributed by atoms with Crippen LogP contribution in [0.4, 0.5) is 0 Å². The topological polar surface area (TPSA) is 96.4 Å². The van der Waals surface area contributed by atoms with Crippen molar-refractivity contribution in [1.29, 1.82) is 0 Å². The highest BCUT2D eigenvalue weighted by Crippen LogP contribution is 2.24. The first-order valence-electron chi connectivity index (χ1n) is 7.59. The second kappa shape index (κ2) is 7.23. The second-order valence-electron chi connectivity index (χ2n) is 5.03. The van der Waals surface area contributed by atoms with Crippen molar-refractivity contribution in [3.8, 4) is 0 Å². The number of nitrogens with two attached hydrogens (primary N) is 1. The van der Waals surface area contributed by atoms with Crippen LogP contribution >= 0.6 is 0 Å². The third-order valence-corrected chi connectivity index (χ3v) is 3.44. The molecule has 2 N–H and O–H groups in total. The predicted molar refractivity (Wildman–Crippen MR) is 85.4 cm³/mol. The van der Waals surface area contributed by atoms with Gasteiger partial charge in [-0.25, -0.2) is 14.6 Å². The molecule has 7 heteroatoms. The van der Waals surface area contributed by atoms with Crippen LogP contribution in [0.15, 0.2) is 18.2 Å². The highest BCUT2D eigenvalue weighted by Gasteiger charge is 2.22. The standard InChI is InChI=1S/C16H21N3O4/c1-4-22-15(20)12-7-6-11-8-13(16(21)23-5-2)19(10(3)9-17)14(11)18-12/h6-8,10H,4-5,9,17H2,1-3H3/t10-/m0/s1. The van der Waals surface area contributed by atoms with Gasteiger partial charge in [-0.15, -0.1) is 0 Å². The third-order valence-electron chi connectivity index (χ3n) is 3.44. The van der Waals surface area contributed by atoms with E-state index in [2.05, 4.69) is 4.98 Å². The molecule has 0 aromatic carbocycles. The van der Waals surface area contributed by atoms with E-state index in [1.165, 1.54) is 0 Å². The van der Waals surface area contributed by atoms with Gasteiger partial charge in [-0.1, -0.05) is 0 Å². The molecule has 0 aliphatic rings. The highest BCUT2D eigenvalue weighted by atomic mass is 16.5. The van der Waals surface area contributed by atoms with E-state index < -0.39 is 11.9 Å². The molecule has 0 saturated heterocycles. The number of carbonyl (C=O) groups is 2. The number of esters is 2. The third kappa shape index (κ3) is 3.34. The Labute approximate surface area is 134 Å². The molecule has 0 aliphatic heterocycles. The van der Waals surface area contributed by atoms with Crippen molar-refractivity contribution >= 4 is 23.0 Å². The molecule has 0 bridgehead atoms. The van der Waals surface area contributed by atoms with Crippen molar-refractivity contribution in [2.24, 2.45) is 5.73 Å². The first-order chi connectivity index (χ1) is 11.0. The van der Waals surface area contributed by atoms with Crippen molar-refractivity contribution in [2.45, 2.75) is 26.8 Å². The van der Waals surface area contributed by atoms with Gasteiger partial charge >= 0.3 is 11.9 Å². The maximum absolute atomic E-state index is 12.2. The number of nitrogens with zero attached hydrogens (tertiary/aromatic N) is 2. The molecule has 1 atom stereocenters. The number of hydrogen-bond acceptors (Lipinski definition) is 6. The van der Waals surface area contributed by atoms with Crippen LogP contribution in [0, 0.1) is 0 Å². The minimum Gasteiger partial charge on any atom is -0.461 e. The average molecular weight is 319 g/mol. The number of carbonyl (C=O) groups excluding carboxylic acids is 2. The molecule has 0 aliphatic carbocycles. The Hall–Kier alpha value is -2.41. The Morgan fingerprint density at radius 3 is 2.48 bits per heavy atom. The summed E-state index contributed by atoms with van der Waals surface area (Å²) in [4.78, 5) is 28.4. The zero-order valence-corrected chi connectivity index (χ0v) is 13.5. The number of ether oxygens (including phenoxy) is 2. The molecule has 0 saturated carbocycles. The summed E-state index contributed by atoms with van der Waals surface area (Å²) in [5, 5.41) is 0.737. The summed E-state index contributed by atoms with van der Waals surface area (Å²) in [5.74, 6) is -0.941. The van der Waals surface area contributed by atoms with Crippen molar-refractivity contribution in [3.05, 3.63) is 29.6 Å². The minimum absolute atomic E-state index is 0.170. The molecule has 124 valence electrons. The number of rotatable bonds is 6. The van der Waals surface area contributed by atoms with E-state index in [9.17, 15) is 9.59 Å². The molecular weight excluding hydrogens is 298 g/mol. The fraction of sp³-hybridized carbons (Fsp3) is 0.438. The number of pyridine rings is 1. The van der Waals surface area contributed by atoms with Crippen LogP contribution in [0.25, 0.3) is 11.0 Å². The van der Waals surface area contributed by atoms with Crippen LogP contribution in [0.5, 0.6) is 0 Å². The van der Waals surface area contributed by atoms with Crippen molar-refractivity contribution < 1.29 is 19.1 Å². The van der Waals surface area contributed by atoms with E-state index in [0.29, 0.717) is 17.9 Å². The molecule has 2 aromatic heterocycles. The van der Waals surface area contributed by atoms with Gasteiger partial charge in [0.25, 0.3) is 0 Å². The monoisotopic (exact) mass is 319 g/mol. The molecule has 2 rings (SSSR count). The van der Waals surface area contributed by atoms with Crippen molar-refractivity contribution in [2.75, 3.05) is 19.8 Å². The lowest BCUT2D eigenvalue weighted by Crippen LogP contribution is -2.21. The molecule has 0 spiro atoms. The van der Waals surface area contributed by atoms with Crippen LogP contribution in [0.3, 0.4) is 0 Å². The Balaban J connectivity index is 2.60. The zero-order chi connectivity index (χ0) is 17.0. The summed E-state index contributed by atoms with van der Waals surface area (Å²) >= 11 is 0. The van der Waals surface area contributed by atoms with Gasteiger partial charge in [-0.2, -0.15) is 0 Å². The van der Waals surface area contributed by atoms with Gasteiger partial charge in [0.15, 0.2) is 5.69 Å². The Bertz CT molecular complexity index is 723. The molecule has 0 unspecified atom stereocenters. The van der Waals surface area contributed by atoms with Crippen molar-refractivity contribution in [1.82, 2.24) is 9.55 Å². The summed E-state index contributed by atoms with van der Waals surface area (Å²) in [6.07, 6.45) is 0. The van der Waals surface area contributed by atoms with Gasteiger partial charge in [0, 0.05) is 18.0 Å². The van der Waals surface area contributed by atoms with Crippen LogP contribution < -0.4 is 5.73 Å². The molecular formula is C16H21N3O4. The van der Waals surface area contributed by atoms with E-state index in [4.69, 9.17) is 15.2 Å². The molecule has 2 heterocycles.